The number of likely N-dealkylation sites (N-methyl/N-ethyl adjacent to an activating group) is 1. The number of amides is 2. The Hall–Kier alpha value is -0.880. The molecule has 108 valence electrons. The molecule has 0 saturated carbocycles. The summed E-state index contributed by atoms with van der Waals surface area (Å²) in [6.07, 6.45) is 0. The van der Waals surface area contributed by atoms with Gasteiger partial charge >= 0.3 is 0 Å². The number of carbonyl (C=O) groups excluding carboxylic acids is 2. The molecule has 1 saturated heterocycles. The van der Waals surface area contributed by atoms with Crippen molar-refractivity contribution in [1.29, 1.82) is 0 Å². The summed E-state index contributed by atoms with van der Waals surface area (Å²) in [5.74, 6) is -0.173. The van der Waals surface area contributed by atoms with Gasteiger partial charge in [0.2, 0.25) is 5.91 Å². The Morgan fingerprint density at radius 2 is 1.90 bits per heavy atom. The second-order valence-corrected chi connectivity index (χ2v) is 7.14. The molecule has 0 aromatic heterocycles. The number of benzene rings is 1. The van der Waals surface area contributed by atoms with Crippen molar-refractivity contribution in [3.05, 3.63) is 32.7 Å². The molecule has 0 N–H and O–H groups in total. The molecule has 0 unspecified atom stereocenters. The maximum absolute atomic E-state index is 12.7. The van der Waals surface area contributed by atoms with E-state index in [-0.39, 0.29) is 11.8 Å². The monoisotopic (exact) mass is 402 g/mol. The van der Waals surface area contributed by atoms with Crippen LogP contribution in [-0.2, 0) is 4.79 Å². The molecule has 2 rings (SSSR count). The van der Waals surface area contributed by atoms with Crippen molar-refractivity contribution in [3.8, 4) is 0 Å². The molecule has 1 aromatic carbocycles. The highest BCUT2D eigenvalue weighted by molar-refractivity contribution is 9.11. The molecular formula is C14H16Br2N2O2. The van der Waals surface area contributed by atoms with Crippen LogP contribution in [-0.4, -0.2) is 47.3 Å². The molecule has 0 radical (unpaired) electrons. The van der Waals surface area contributed by atoms with E-state index in [0.29, 0.717) is 18.7 Å². The van der Waals surface area contributed by atoms with Crippen LogP contribution in [0.1, 0.15) is 24.2 Å². The predicted molar refractivity (Wildman–Crippen MR) is 84.6 cm³/mol. The van der Waals surface area contributed by atoms with Crippen LogP contribution in [0.5, 0.6) is 0 Å². The first kappa shape index (κ1) is 15.5. The highest BCUT2D eigenvalue weighted by Crippen LogP contribution is 2.28. The van der Waals surface area contributed by atoms with Gasteiger partial charge in [0.15, 0.2) is 0 Å². The standard InChI is InChI=1S/C14H16Br2N2O2/c1-14(2)13(20)17(3)6-7-18(14)12(19)10-8-9(15)4-5-11(10)16/h4-5,8H,6-7H2,1-3H3. The van der Waals surface area contributed by atoms with Crippen molar-refractivity contribution in [3.63, 3.8) is 0 Å². The zero-order valence-corrected chi connectivity index (χ0v) is 14.8. The van der Waals surface area contributed by atoms with Crippen LogP contribution in [0.25, 0.3) is 0 Å². The van der Waals surface area contributed by atoms with Crippen molar-refractivity contribution >= 4 is 43.7 Å². The van der Waals surface area contributed by atoms with Crippen molar-refractivity contribution < 1.29 is 9.59 Å². The van der Waals surface area contributed by atoms with Crippen LogP contribution in [0.15, 0.2) is 27.1 Å². The van der Waals surface area contributed by atoms with Crippen molar-refractivity contribution in [1.82, 2.24) is 9.80 Å². The summed E-state index contributed by atoms with van der Waals surface area (Å²) in [4.78, 5) is 28.3. The Bertz CT molecular complexity index is 572. The number of carbonyl (C=O) groups is 2. The molecule has 0 aliphatic carbocycles. The molecule has 6 heteroatoms. The average molecular weight is 404 g/mol. The summed E-state index contributed by atoms with van der Waals surface area (Å²) in [5, 5.41) is 0. The lowest BCUT2D eigenvalue weighted by atomic mass is 9.96. The van der Waals surface area contributed by atoms with E-state index in [1.165, 1.54) is 0 Å². The molecule has 2 amide bonds. The van der Waals surface area contributed by atoms with Gasteiger partial charge < -0.3 is 9.80 Å². The Morgan fingerprint density at radius 3 is 2.55 bits per heavy atom. The first-order valence-corrected chi connectivity index (χ1v) is 7.86. The van der Waals surface area contributed by atoms with E-state index in [1.54, 1.807) is 36.8 Å². The van der Waals surface area contributed by atoms with Gasteiger partial charge in [0.1, 0.15) is 5.54 Å². The van der Waals surface area contributed by atoms with E-state index in [9.17, 15) is 9.59 Å². The number of piperazine rings is 1. The lowest BCUT2D eigenvalue weighted by molar-refractivity contribution is -0.144. The molecule has 0 bridgehead atoms. The quantitative estimate of drug-likeness (QED) is 0.723. The van der Waals surface area contributed by atoms with Gasteiger partial charge in [-0.2, -0.15) is 0 Å². The van der Waals surface area contributed by atoms with Gasteiger partial charge in [0.05, 0.1) is 5.56 Å². The summed E-state index contributed by atoms with van der Waals surface area (Å²) in [5.41, 5.74) is -0.268. The third-order valence-corrected chi connectivity index (χ3v) is 4.79. The van der Waals surface area contributed by atoms with Crippen molar-refractivity contribution in [2.45, 2.75) is 19.4 Å². The largest absolute Gasteiger partial charge is 0.342 e. The molecular weight excluding hydrogens is 388 g/mol. The molecule has 1 fully saturated rings. The van der Waals surface area contributed by atoms with Crippen LogP contribution in [0.4, 0.5) is 0 Å². The van der Waals surface area contributed by atoms with E-state index < -0.39 is 5.54 Å². The second-order valence-electron chi connectivity index (χ2n) is 5.37. The molecule has 1 aliphatic rings. The second kappa shape index (κ2) is 5.48. The average Bonchev–Trinajstić information content (AvgIpc) is 2.38. The smallest absolute Gasteiger partial charge is 0.255 e. The minimum absolute atomic E-state index is 0.0387. The van der Waals surface area contributed by atoms with Crippen molar-refractivity contribution in [2.75, 3.05) is 20.1 Å². The Labute approximate surface area is 135 Å². The molecule has 0 spiro atoms. The zero-order valence-electron chi connectivity index (χ0n) is 11.6. The molecule has 1 aliphatic heterocycles. The summed E-state index contributed by atoms with van der Waals surface area (Å²) in [7, 11) is 1.76. The van der Waals surface area contributed by atoms with Crippen LogP contribution >= 0.6 is 31.9 Å². The van der Waals surface area contributed by atoms with E-state index in [0.717, 1.165) is 8.95 Å². The maximum atomic E-state index is 12.7. The molecule has 1 aromatic rings. The Morgan fingerprint density at radius 1 is 1.25 bits per heavy atom. The van der Waals surface area contributed by atoms with Crippen molar-refractivity contribution in [2.24, 2.45) is 0 Å². The number of rotatable bonds is 1. The van der Waals surface area contributed by atoms with Gasteiger partial charge in [-0.05, 0) is 48.0 Å². The van der Waals surface area contributed by atoms with E-state index in [2.05, 4.69) is 31.9 Å². The SMILES string of the molecule is CN1CCN(C(=O)c2cc(Br)ccc2Br)C(C)(C)C1=O. The van der Waals surface area contributed by atoms with Gasteiger partial charge in [-0.25, -0.2) is 0 Å². The highest BCUT2D eigenvalue weighted by Gasteiger charge is 2.43. The fraction of sp³-hybridized carbons (Fsp3) is 0.429. The Balaban J connectivity index is 2.38. The van der Waals surface area contributed by atoms with Gasteiger partial charge in [0.25, 0.3) is 5.91 Å². The Kier molecular flexibility index (Phi) is 4.25. The van der Waals surface area contributed by atoms with E-state index >= 15 is 0 Å². The number of halogens is 2. The number of hydrogen-bond donors (Lipinski definition) is 0. The minimum Gasteiger partial charge on any atom is -0.342 e. The van der Waals surface area contributed by atoms with Crippen LogP contribution in [0.2, 0.25) is 0 Å². The van der Waals surface area contributed by atoms with Crippen LogP contribution in [0, 0.1) is 0 Å². The van der Waals surface area contributed by atoms with E-state index in [1.807, 2.05) is 12.1 Å². The zero-order chi connectivity index (χ0) is 15.1. The number of nitrogens with zero attached hydrogens (tertiary/aromatic N) is 2. The van der Waals surface area contributed by atoms with Gasteiger partial charge in [-0.3, -0.25) is 9.59 Å². The third-order valence-electron chi connectivity index (χ3n) is 3.61. The summed E-state index contributed by atoms with van der Waals surface area (Å²) >= 11 is 6.77. The fourth-order valence-corrected chi connectivity index (χ4v) is 3.15. The fourth-order valence-electron chi connectivity index (χ4n) is 2.38. The third kappa shape index (κ3) is 2.63. The molecule has 1 heterocycles. The highest BCUT2D eigenvalue weighted by atomic mass is 79.9. The first-order valence-electron chi connectivity index (χ1n) is 6.27. The lowest BCUT2D eigenvalue weighted by Gasteiger charge is -2.44. The predicted octanol–water partition coefficient (Wildman–Crippen LogP) is 2.90. The van der Waals surface area contributed by atoms with Gasteiger partial charge in [-0.1, -0.05) is 15.9 Å². The normalized spacial score (nSPS) is 18.4. The van der Waals surface area contributed by atoms with Gasteiger partial charge in [-0.15, -0.1) is 0 Å². The number of hydrogen-bond acceptors (Lipinski definition) is 2. The van der Waals surface area contributed by atoms with Gasteiger partial charge in [0, 0.05) is 29.1 Å². The lowest BCUT2D eigenvalue weighted by Crippen LogP contribution is -2.63. The molecule has 20 heavy (non-hydrogen) atoms. The summed E-state index contributed by atoms with van der Waals surface area (Å²) in [6, 6.07) is 5.45. The topological polar surface area (TPSA) is 40.6 Å². The first-order chi connectivity index (χ1) is 9.25. The summed E-state index contributed by atoms with van der Waals surface area (Å²) < 4.78 is 1.56. The summed E-state index contributed by atoms with van der Waals surface area (Å²) in [6.45, 7) is 4.66. The molecule has 0 atom stereocenters. The van der Waals surface area contributed by atoms with E-state index in [4.69, 9.17) is 0 Å². The van der Waals surface area contributed by atoms with Crippen LogP contribution < -0.4 is 0 Å². The maximum Gasteiger partial charge on any atom is 0.255 e. The molecule has 4 nitrogen and oxygen atoms in total. The minimum atomic E-state index is -0.828. The van der Waals surface area contributed by atoms with Crippen LogP contribution in [0.3, 0.4) is 0 Å².